The van der Waals surface area contributed by atoms with Crippen molar-refractivity contribution in [2.45, 2.75) is 25.4 Å². The number of carbonyl (C=O) groups excluding carboxylic acids is 1. The summed E-state index contributed by atoms with van der Waals surface area (Å²) >= 11 is 1.40. The molecule has 3 rings (SSSR count). The van der Waals surface area contributed by atoms with Crippen LogP contribution in [0.2, 0.25) is 0 Å². The van der Waals surface area contributed by atoms with Gasteiger partial charge in [-0.05, 0) is 42.0 Å². The number of halogens is 2. The van der Waals surface area contributed by atoms with Gasteiger partial charge in [-0.25, -0.2) is 13.8 Å². The molecule has 3 nitrogen and oxygen atoms in total. The first-order chi connectivity index (χ1) is 12.5. The molecule has 6 heteroatoms. The Hall–Kier alpha value is -2.47. The Bertz CT molecular complexity index is 958. The number of para-hydroxylation sites is 1. The maximum absolute atomic E-state index is 14.1. The number of amides is 1. The molecule has 0 unspecified atom stereocenters. The molecule has 3 aromatic rings. The number of pyridine rings is 1. The van der Waals surface area contributed by atoms with Crippen molar-refractivity contribution in [2.24, 2.45) is 0 Å². The summed E-state index contributed by atoms with van der Waals surface area (Å²) in [5.41, 5.74) is 2.22. The van der Waals surface area contributed by atoms with Crippen LogP contribution >= 0.6 is 11.8 Å². The van der Waals surface area contributed by atoms with Crippen LogP contribution in [0.25, 0.3) is 10.9 Å². The molecular weight excluding hydrogens is 354 g/mol. The molecule has 0 saturated carbocycles. The Morgan fingerprint density at radius 3 is 2.58 bits per heavy atom. The highest BCUT2D eigenvalue weighted by molar-refractivity contribution is 7.99. The number of aryl methyl sites for hydroxylation is 1. The zero-order valence-corrected chi connectivity index (χ0v) is 15.3. The molecule has 0 aliphatic rings. The van der Waals surface area contributed by atoms with E-state index >= 15 is 0 Å². The molecule has 0 aliphatic heterocycles. The summed E-state index contributed by atoms with van der Waals surface area (Å²) in [5, 5.41) is 3.98. The van der Waals surface area contributed by atoms with Crippen molar-refractivity contribution in [3.63, 3.8) is 0 Å². The van der Waals surface area contributed by atoms with Crippen molar-refractivity contribution in [1.82, 2.24) is 10.3 Å². The van der Waals surface area contributed by atoms with Crippen molar-refractivity contribution in [2.75, 3.05) is 5.75 Å². The number of hydrogen-bond donors (Lipinski definition) is 1. The second-order valence-corrected chi connectivity index (χ2v) is 7.05. The molecule has 0 atom stereocenters. The van der Waals surface area contributed by atoms with Crippen molar-refractivity contribution in [3.8, 4) is 0 Å². The highest BCUT2D eigenvalue weighted by Crippen LogP contribution is 2.30. The van der Waals surface area contributed by atoms with Gasteiger partial charge in [0.1, 0.15) is 22.2 Å². The predicted molar refractivity (Wildman–Crippen MR) is 100 cm³/mol. The maximum Gasteiger partial charge on any atom is 0.254 e. The van der Waals surface area contributed by atoms with E-state index in [0.717, 1.165) is 5.56 Å². The second-order valence-electron chi connectivity index (χ2n) is 5.80. The molecular formula is C20H18F2N2OS. The first kappa shape index (κ1) is 18.3. The average Bonchev–Trinajstić information content (AvgIpc) is 2.62. The van der Waals surface area contributed by atoms with Gasteiger partial charge in [-0.2, -0.15) is 0 Å². The molecule has 0 saturated heterocycles. The van der Waals surface area contributed by atoms with E-state index < -0.39 is 5.82 Å². The van der Waals surface area contributed by atoms with Crippen LogP contribution in [0.15, 0.2) is 47.5 Å². The SMILES string of the molecule is CCSc1nc2c(F)cccc2c(C)c1C(=O)NCc1ccc(F)cc1. The fourth-order valence-electron chi connectivity index (χ4n) is 2.77. The van der Waals surface area contributed by atoms with Crippen molar-refractivity contribution < 1.29 is 13.6 Å². The Morgan fingerprint density at radius 2 is 1.88 bits per heavy atom. The maximum atomic E-state index is 14.1. The van der Waals surface area contributed by atoms with E-state index in [9.17, 15) is 13.6 Å². The number of rotatable bonds is 5. The highest BCUT2D eigenvalue weighted by Gasteiger charge is 2.20. The number of nitrogens with zero attached hydrogens (tertiary/aromatic N) is 1. The van der Waals surface area contributed by atoms with E-state index in [1.165, 1.54) is 30.0 Å². The fraction of sp³-hybridized carbons (Fsp3) is 0.200. The van der Waals surface area contributed by atoms with E-state index in [1.54, 1.807) is 31.2 Å². The number of benzene rings is 2. The number of aromatic nitrogens is 1. The van der Waals surface area contributed by atoms with E-state index in [-0.39, 0.29) is 23.8 Å². The molecule has 0 aliphatic carbocycles. The molecule has 1 heterocycles. The highest BCUT2D eigenvalue weighted by atomic mass is 32.2. The van der Waals surface area contributed by atoms with Gasteiger partial charge < -0.3 is 5.32 Å². The summed E-state index contributed by atoms with van der Waals surface area (Å²) in [7, 11) is 0. The molecule has 2 aromatic carbocycles. The molecule has 1 aromatic heterocycles. The standard InChI is InChI=1S/C20H18F2N2OS/c1-3-26-20-17(12(2)15-5-4-6-16(22)18(15)24-20)19(25)23-11-13-7-9-14(21)10-8-13/h4-10H,3,11H2,1-2H3,(H,23,25). The van der Waals surface area contributed by atoms with Crippen molar-refractivity contribution in [3.05, 3.63) is 70.8 Å². The predicted octanol–water partition coefficient (Wildman–Crippen LogP) is 4.86. The molecule has 0 bridgehead atoms. The lowest BCUT2D eigenvalue weighted by Gasteiger charge is -2.14. The van der Waals surface area contributed by atoms with E-state index in [4.69, 9.17) is 0 Å². The quantitative estimate of drug-likeness (QED) is 0.650. The van der Waals surface area contributed by atoms with Gasteiger partial charge in [-0.15, -0.1) is 11.8 Å². The monoisotopic (exact) mass is 372 g/mol. The van der Waals surface area contributed by atoms with Gasteiger partial charge in [-0.3, -0.25) is 4.79 Å². The van der Waals surface area contributed by atoms with E-state index in [2.05, 4.69) is 10.3 Å². The van der Waals surface area contributed by atoms with Crippen molar-refractivity contribution >= 4 is 28.6 Å². The smallest absolute Gasteiger partial charge is 0.254 e. The first-order valence-electron chi connectivity index (χ1n) is 8.25. The molecule has 134 valence electrons. The zero-order chi connectivity index (χ0) is 18.7. The average molecular weight is 372 g/mol. The third-order valence-electron chi connectivity index (χ3n) is 4.07. The summed E-state index contributed by atoms with van der Waals surface area (Å²) in [6.07, 6.45) is 0. The Kier molecular flexibility index (Phi) is 5.52. The second kappa shape index (κ2) is 7.83. The Morgan fingerprint density at radius 1 is 1.15 bits per heavy atom. The van der Waals surface area contributed by atoms with Crippen LogP contribution in [-0.2, 0) is 6.54 Å². The number of fused-ring (bicyclic) bond motifs is 1. The lowest BCUT2D eigenvalue weighted by Crippen LogP contribution is -2.25. The molecule has 0 fully saturated rings. The number of nitrogens with one attached hydrogen (secondary N) is 1. The van der Waals surface area contributed by atoms with Crippen LogP contribution in [0.1, 0.15) is 28.4 Å². The van der Waals surface area contributed by atoms with Crippen LogP contribution < -0.4 is 5.32 Å². The van der Waals surface area contributed by atoms with Crippen LogP contribution in [-0.4, -0.2) is 16.6 Å². The lowest BCUT2D eigenvalue weighted by molar-refractivity contribution is 0.0947. The third kappa shape index (κ3) is 3.70. The van der Waals surface area contributed by atoms with Crippen LogP contribution in [0, 0.1) is 18.6 Å². The molecule has 1 amide bonds. The Balaban J connectivity index is 1.96. The van der Waals surface area contributed by atoms with Gasteiger partial charge >= 0.3 is 0 Å². The number of hydrogen-bond acceptors (Lipinski definition) is 3. The fourth-order valence-corrected chi connectivity index (χ4v) is 3.59. The van der Waals surface area contributed by atoms with Gasteiger partial charge in [0.25, 0.3) is 5.91 Å². The van der Waals surface area contributed by atoms with Gasteiger partial charge in [0, 0.05) is 11.9 Å². The normalized spacial score (nSPS) is 10.9. The topological polar surface area (TPSA) is 42.0 Å². The van der Waals surface area contributed by atoms with E-state index in [1.807, 2.05) is 6.92 Å². The van der Waals surface area contributed by atoms with Crippen LogP contribution in [0.4, 0.5) is 8.78 Å². The van der Waals surface area contributed by atoms with Gasteiger partial charge in [0.05, 0.1) is 5.56 Å². The number of carbonyl (C=O) groups is 1. The minimum absolute atomic E-state index is 0.274. The van der Waals surface area contributed by atoms with Crippen LogP contribution in [0.3, 0.4) is 0 Å². The lowest BCUT2D eigenvalue weighted by atomic mass is 10.0. The summed E-state index contributed by atoms with van der Waals surface area (Å²) in [6.45, 7) is 4.03. The molecule has 1 N–H and O–H groups in total. The van der Waals surface area contributed by atoms with Crippen molar-refractivity contribution in [1.29, 1.82) is 0 Å². The molecule has 26 heavy (non-hydrogen) atoms. The van der Waals surface area contributed by atoms with E-state index in [0.29, 0.717) is 27.3 Å². The summed E-state index contributed by atoms with van der Waals surface area (Å²) in [6, 6.07) is 10.7. The first-order valence-corrected chi connectivity index (χ1v) is 9.24. The van der Waals surface area contributed by atoms with Gasteiger partial charge in [-0.1, -0.05) is 31.2 Å². The van der Waals surface area contributed by atoms with Gasteiger partial charge in [0.15, 0.2) is 0 Å². The largest absolute Gasteiger partial charge is 0.348 e. The van der Waals surface area contributed by atoms with Gasteiger partial charge in [0.2, 0.25) is 0 Å². The third-order valence-corrected chi connectivity index (χ3v) is 4.92. The molecule has 0 spiro atoms. The minimum atomic E-state index is -0.401. The number of thioether (sulfide) groups is 1. The summed E-state index contributed by atoms with van der Waals surface area (Å²) in [5.74, 6) is -0.286. The minimum Gasteiger partial charge on any atom is -0.348 e. The Labute approximate surface area is 154 Å². The summed E-state index contributed by atoms with van der Waals surface area (Å²) < 4.78 is 27.1. The molecule has 0 radical (unpaired) electrons. The zero-order valence-electron chi connectivity index (χ0n) is 14.5. The van der Waals surface area contributed by atoms with Crippen LogP contribution in [0.5, 0.6) is 0 Å². The summed E-state index contributed by atoms with van der Waals surface area (Å²) in [4.78, 5) is 17.2.